The summed E-state index contributed by atoms with van der Waals surface area (Å²) in [4.78, 5) is 2.22. The highest BCUT2D eigenvalue weighted by Crippen LogP contribution is 2.06. The number of hydrogen-bond acceptors (Lipinski definition) is 1. The highest BCUT2D eigenvalue weighted by molar-refractivity contribution is 6.17. The van der Waals surface area contributed by atoms with Gasteiger partial charge in [0.05, 0.1) is 0 Å². The van der Waals surface area contributed by atoms with E-state index in [0.717, 1.165) is 37.4 Å². The fraction of sp³-hybridized carbons (Fsp3) is 0.500. The topological polar surface area (TPSA) is 3.24 Å². The van der Waals surface area contributed by atoms with Crippen LogP contribution in [0.3, 0.4) is 0 Å². The van der Waals surface area contributed by atoms with Crippen LogP contribution in [0, 0.1) is 5.82 Å². The molecule has 84 valence electrons. The van der Waals surface area contributed by atoms with Gasteiger partial charge in [0.15, 0.2) is 0 Å². The molecule has 15 heavy (non-hydrogen) atoms. The molecule has 0 amide bonds. The molecule has 3 heteroatoms. The molecular formula is C12H17ClFN. The van der Waals surface area contributed by atoms with Gasteiger partial charge in [0.1, 0.15) is 5.82 Å². The summed E-state index contributed by atoms with van der Waals surface area (Å²) in [5, 5.41) is 0. The molecule has 0 bridgehead atoms. The monoisotopic (exact) mass is 229 g/mol. The van der Waals surface area contributed by atoms with Gasteiger partial charge in [-0.25, -0.2) is 4.39 Å². The highest BCUT2D eigenvalue weighted by Gasteiger charge is 2.00. The lowest BCUT2D eigenvalue weighted by Crippen LogP contribution is -2.19. The second-order valence-electron chi connectivity index (χ2n) is 3.76. The van der Waals surface area contributed by atoms with Crippen LogP contribution in [0.4, 0.5) is 4.39 Å². The first kappa shape index (κ1) is 12.5. The molecule has 0 aliphatic carbocycles. The van der Waals surface area contributed by atoms with Crippen molar-refractivity contribution in [1.29, 1.82) is 0 Å². The van der Waals surface area contributed by atoms with Gasteiger partial charge in [0, 0.05) is 12.4 Å². The molecule has 1 rings (SSSR count). The van der Waals surface area contributed by atoms with E-state index >= 15 is 0 Å². The van der Waals surface area contributed by atoms with Gasteiger partial charge in [0.2, 0.25) is 0 Å². The van der Waals surface area contributed by atoms with Crippen LogP contribution in [0.2, 0.25) is 0 Å². The second kappa shape index (κ2) is 6.81. The number of benzene rings is 1. The molecule has 0 aromatic heterocycles. The van der Waals surface area contributed by atoms with Gasteiger partial charge in [-0.15, -0.1) is 11.6 Å². The van der Waals surface area contributed by atoms with Crippen LogP contribution < -0.4 is 0 Å². The maximum absolute atomic E-state index is 12.6. The fourth-order valence-corrected chi connectivity index (χ4v) is 1.65. The Labute approximate surface area is 95.8 Å². The van der Waals surface area contributed by atoms with Gasteiger partial charge in [-0.05, 0) is 44.1 Å². The van der Waals surface area contributed by atoms with Gasteiger partial charge >= 0.3 is 0 Å². The third-order valence-corrected chi connectivity index (χ3v) is 2.56. The molecule has 1 nitrogen and oxygen atoms in total. The van der Waals surface area contributed by atoms with Gasteiger partial charge in [-0.3, -0.25) is 0 Å². The van der Waals surface area contributed by atoms with Gasteiger partial charge < -0.3 is 4.90 Å². The van der Waals surface area contributed by atoms with Crippen molar-refractivity contribution in [3.05, 3.63) is 35.6 Å². The van der Waals surface area contributed by atoms with Crippen LogP contribution in [-0.4, -0.2) is 24.4 Å². The highest BCUT2D eigenvalue weighted by atomic mass is 35.5. The van der Waals surface area contributed by atoms with E-state index in [1.54, 1.807) is 0 Å². The summed E-state index contributed by atoms with van der Waals surface area (Å²) < 4.78 is 12.6. The van der Waals surface area contributed by atoms with Crippen LogP contribution in [0.25, 0.3) is 0 Å². The van der Waals surface area contributed by atoms with E-state index in [1.807, 2.05) is 12.1 Å². The summed E-state index contributed by atoms with van der Waals surface area (Å²) >= 11 is 5.60. The van der Waals surface area contributed by atoms with Crippen molar-refractivity contribution in [2.24, 2.45) is 0 Å². The number of hydrogen-bond donors (Lipinski definition) is 0. The lowest BCUT2D eigenvalue weighted by molar-refractivity contribution is 0.321. The number of alkyl halides is 1. The Kier molecular flexibility index (Phi) is 5.66. The minimum Gasteiger partial charge on any atom is -0.302 e. The summed E-state index contributed by atoms with van der Waals surface area (Å²) in [5.74, 6) is 0.549. The van der Waals surface area contributed by atoms with Crippen LogP contribution in [0.5, 0.6) is 0 Å². The van der Waals surface area contributed by atoms with Crippen molar-refractivity contribution in [3.63, 3.8) is 0 Å². The molecule has 0 radical (unpaired) electrons. The molecule has 0 N–H and O–H groups in total. The van der Waals surface area contributed by atoms with Crippen LogP contribution in [0.15, 0.2) is 24.3 Å². The smallest absolute Gasteiger partial charge is 0.123 e. The first-order valence-electron chi connectivity index (χ1n) is 5.21. The predicted molar refractivity (Wildman–Crippen MR) is 62.7 cm³/mol. The molecule has 0 saturated carbocycles. The average Bonchev–Trinajstić information content (AvgIpc) is 2.22. The zero-order valence-corrected chi connectivity index (χ0v) is 9.80. The van der Waals surface area contributed by atoms with Crippen molar-refractivity contribution >= 4 is 11.6 Å². The number of unbranched alkanes of at least 4 members (excludes halogenated alkanes) is 1. The molecular weight excluding hydrogens is 213 g/mol. The van der Waals surface area contributed by atoms with E-state index in [1.165, 1.54) is 12.1 Å². The molecule has 0 saturated heterocycles. The van der Waals surface area contributed by atoms with E-state index < -0.39 is 0 Å². The standard InChI is InChI=1S/C12H17ClFN/c1-15(9-3-2-8-13)10-11-4-6-12(14)7-5-11/h4-7H,2-3,8-10H2,1H3. The summed E-state index contributed by atoms with van der Waals surface area (Å²) in [5.41, 5.74) is 1.14. The van der Waals surface area contributed by atoms with E-state index in [0.29, 0.717) is 0 Å². The summed E-state index contributed by atoms with van der Waals surface area (Å²) in [6.45, 7) is 1.90. The third-order valence-electron chi connectivity index (χ3n) is 2.29. The molecule has 1 aromatic carbocycles. The summed E-state index contributed by atoms with van der Waals surface area (Å²) in [6, 6.07) is 6.66. The van der Waals surface area contributed by atoms with Crippen LogP contribution in [0.1, 0.15) is 18.4 Å². The molecule has 0 atom stereocenters. The SMILES string of the molecule is CN(CCCCCl)Cc1ccc(F)cc1. The van der Waals surface area contributed by atoms with E-state index in [4.69, 9.17) is 11.6 Å². The quantitative estimate of drug-likeness (QED) is 0.535. The Morgan fingerprint density at radius 3 is 2.47 bits per heavy atom. The second-order valence-corrected chi connectivity index (χ2v) is 4.14. The van der Waals surface area contributed by atoms with Crippen molar-refractivity contribution in [2.75, 3.05) is 19.5 Å². The first-order chi connectivity index (χ1) is 7.22. The Morgan fingerprint density at radius 1 is 1.20 bits per heavy atom. The van der Waals surface area contributed by atoms with Crippen LogP contribution in [-0.2, 0) is 6.54 Å². The fourth-order valence-electron chi connectivity index (χ4n) is 1.46. The average molecular weight is 230 g/mol. The molecule has 0 unspecified atom stereocenters. The Bertz CT molecular complexity index is 273. The largest absolute Gasteiger partial charge is 0.302 e. The molecule has 1 aromatic rings. The Morgan fingerprint density at radius 2 is 1.87 bits per heavy atom. The Balaban J connectivity index is 2.31. The van der Waals surface area contributed by atoms with Crippen molar-refractivity contribution < 1.29 is 4.39 Å². The summed E-state index contributed by atoms with van der Waals surface area (Å²) in [7, 11) is 2.07. The number of halogens is 2. The molecule has 0 heterocycles. The normalized spacial score (nSPS) is 10.9. The van der Waals surface area contributed by atoms with Gasteiger partial charge in [-0.2, -0.15) is 0 Å². The van der Waals surface area contributed by atoms with Crippen molar-refractivity contribution in [2.45, 2.75) is 19.4 Å². The molecule has 0 fully saturated rings. The summed E-state index contributed by atoms with van der Waals surface area (Å²) in [6.07, 6.45) is 2.16. The van der Waals surface area contributed by atoms with E-state index in [-0.39, 0.29) is 5.82 Å². The lowest BCUT2D eigenvalue weighted by atomic mass is 10.2. The Hall–Kier alpha value is -0.600. The third kappa shape index (κ3) is 5.14. The first-order valence-corrected chi connectivity index (χ1v) is 5.75. The van der Waals surface area contributed by atoms with E-state index in [9.17, 15) is 4.39 Å². The minimum atomic E-state index is -0.177. The maximum atomic E-state index is 12.6. The van der Waals surface area contributed by atoms with Crippen LogP contribution >= 0.6 is 11.6 Å². The minimum absolute atomic E-state index is 0.177. The zero-order chi connectivity index (χ0) is 11.1. The van der Waals surface area contributed by atoms with E-state index in [2.05, 4.69) is 11.9 Å². The lowest BCUT2D eigenvalue weighted by Gasteiger charge is -2.16. The predicted octanol–water partition coefficient (Wildman–Crippen LogP) is 3.28. The molecule has 0 aliphatic rings. The van der Waals surface area contributed by atoms with Crippen molar-refractivity contribution in [1.82, 2.24) is 4.90 Å². The molecule has 0 spiro atoms. The van der Waals surface area contributed by atoms with Gasteiger partial charge in [0.25, 0.3) is 0 Å². The maximum Gasteiger partial charge on any atom is 0.123 e. The number of nitrogens with zero attached hydrogens (tertiary/aromatic N) is 1. The number of rotatable bonds is 6. The van der Waals surface area contributed by atoms with Crippen molar-refractivity contribution in [3.8, 4) is 0 Å². The van der Waals surface area contributed by atoms with Gasteiger partial charge in [-0.1, -0.05) is 12.1 Å². The zero-order valence-electron chi connectivity index (χ0n) is 9.05. The molecule has 0 aliphatic heterocycles.